The third kappa shape index (κ3) is 6.23. The Kier molecular flexibility index (Phi) is 6.97. The standard InChI is InChI=1S/C9H9O4P.Fe/c10-9(11)6-7-14(12)13-8-4-2-1-3-5-8;/h1-5H,6-7H2;/p+1. The van der Waals surface area contributed by atoms with E-state index in [4.69, 9.17) is 9.63 Å². The van der Waals surface area contributed by atoms with E-state index in [1.165, 1.54) is 0 Å². The van der Waals surface area contributed by atoms with Crippen molar-refractivity contribution in [3.8, 4) is 5.75 Å². The van der Waals surface area contributed by atoms with Crippen LogP contribution >= 0.6 is 8.03 Å². The van der Waals surface area contributed by atoms with Gasteiger partial charge in [0.15, 0.2) is 11.9 Å². The predicted molar refractivity (Wildman–Crippen MR) is 51.8 cm³/mol. The second-order valence-electron chi connectivity index (χ2n) is 2.60. The fourth-order valence-electron chi connectivity index (χ4n) is 0.831. The Hall–Kier alpha value is -0.891. The summed E-state index contributed by atoms with van der Waals surface area (Å²) in [7, 11) is -1.92. The zero-order chi connectivity index (χ0) is 10.4. The Morgan fingerprint density at radius 2 is 1.93 bits per heavy atom. The van der Waals surface area contributed by atoms with E-state index in [1.807, 2.05) is 6.07 Å². The number of carboxylic acids is 1. The van der Waals surface area contributed by atoms with E-state index in [9.17, 15) is 9.36 Å². The smallest absolute Gasteiger partial charge is 0.481 e. The van der Waals surface area contributed by atoms with Gasteiger partial charge < -0.3 is 5.11 Å². The van der Waals surface area contributed by atoms with Crippen molar-refractivity contribution in [2.75, 3.05) is 6.16 Å². The molecule has 0 aliphatic heterocycles. The first-order valence-electron chi connectivity index (χ1n) is 4.08. The topological polar surface area (TPSA) is 63.6 Å². The summed E-state index contributed by atoms with van der Waals surface area (Å²) >= 11 is 0. The minimum Gasteiger partial charge on any atom is -0.481 e. The first-order valence-corrected chi connectivity index (χ1v) is 5.44. The normalized spacial score (nSPS) is 10.0. The summed E-state index contributed by atoms with van der Waals surface area (Å²) in [6, 6.07) is 8.69. The number of benzene rings is 1. The maximum absolute atomic E-state index is 11.2. The van der Waals surface area contributed by atoms with Gasteiger partial charge in [0.25, 0.3) is 0 Å². The van der Waals surface area contributed by atoms with Gasteiger partial charge in [-0.25, -0.2) is 0 Å². The molecule has 6 heteroatoms. The van der Waals surface area contributed by atoms with Crippen LogP contribution in [-0.2, 0) is 26.4 Å². The van der Waals surface area contributed by atoms with Crippen molar-refractivity contribution in [2.24, 2.45) is 0 Å². The fraction of sp³-hybridized carbons (Fsp3) is 0.222. The minimum atomic E-state index is -1.92. The van der Waals surface area contributed by atoms with Crippen molar-refractivity contribution in [1.29, 1.82) is 0 Å². The van der Waals surface area contributed by atoms with Gasteiger partial charge in [0, 0.05) is 17.1 Å². The average molecular weight is 269 g/mol. The number of carbonyl (C=O) groups is 1. The molecule has 0 aliphatic rings. The van der Waals surface area contributed by atoms with Crippen LogP contribution in [0.25, 0.3) is 0 Å². The molecule has 1 rings (SSSR count). The third-order valence-corrected chi connectivity index (χ3v) is 2.46. The van der Waals surface area contributed by atoms with Crippen molar-refractivity contribution in [3.63, 3.8) is 0 Å². The van der Waals surface area contributed by atoms with Gasteiger partial charge in [-0.1, -0.05) is 18.2 Å². The van der Waals surface area contributed by atoms with Crippen molar-refractivity contribution in [3.05, 3.63) is 30.3 Å². The summed E-state index contributed by atoms with van der Waals surface area (Å²) in [5.41, 5.74) is 0. The van der Waals surface area contributed by atoms with Gasteiger partial charge in [0.05, 0.1) is 6.42 Å². The van der Waals surface area contributed by atoms with Crippen LogP contribution in [0.15, 0.2) is 30.3 Å². The van der Waals surface area contributed by atoms with Crippen molar-refractivity contribution in [2.45, 2.75) is 6.42 Å². The maximum Gasteiger partial charge on any atom is 0.556 e. The van der Waals surface area contributed by atoms with Gasteiger partial charge in [0.2, 0.25) is 0 Å². The minimum absolute atomic E-state index is 0. The number of rotatable bonds is 5. The number of hydrogen-bond donors (Lipinski definition) is 1. The molecule has 0 radical (unpaired) electrons. The first-order chi connectivity index (χ1) is 6.68. The van der Waals surface area contributed by atoms with Crippen LogP contribution in [0, 0.1) is 0 Å². The molecule has 0 saturated heterocycles. The Labute approximate surface area is 99.0 Å². The molecule has 0 amide bonds. The average Bonchev–Trinajstić information content (AvgIpc) is 2.16. The van der Waals surface area contributed by atoms with Crippen LogP contribution in [0.4, 0.5) is 0 Å². The van der Waals surface area contributed by atoms with Crippen molar-refractivity contribution >= 4 is 14.0 Å². The zero-order valence-corrected chi connectivity index (χ0v) is 9.77. The maximum atomic E-state index is 11.2. The zero-order valence-electron chi connectivity index (χ0n) is 7.77. The monoisotopic (exact) mass is 269 g/mol. The van der Waals surface area contributed by atoms with Crippen LogP contribution in [0.5, 0.6) is 5.75 Å². The summed E-state index contributed by atoms with van der Waals surface area (Å²) in [6.07, 6.45) is -0.0956. The Balaban J connectivity index is 0.00000196. The molecule has 0 aliphatic carbocycles. The predicted octanol–water partition coefficient (Wildman–Crippen LogP) is 2.28. The molecule has 1 unspecified atom stereocenters. The van der Waals surface area contributed by atoms with Gasteiger partial charge in [-0.05, 0) is 16.7 Å². The summed E-state index contributed by atoms with van der Waals surface area (Å²) in [5.74, 6) is -0.469. The molecule has 1 aromatic rings. The number of carboxylic acid groups (broad SMARTS) is 1. The molecule has 0 fully saturated rings. The van der Waals surface area contributed by atoms with Gasteiger partial charge in [0.1, 0.15) is 0 Å². The van der Waals surface area contributed by atoms with E-state index < -0.39 is 14.0 Å². The molecule has 82 valence electrons. The van der Waals surface area contributed by atoms with Gasteiger partial charge in [-0.15, -0.1) is 0 Å². The first kappa shape index (κ1) is 14.1. The number of aliphatic carboxylic acids is 1. The van der Waals surface area contributed by atoms with Crippen molar-refractivity contribution < 1.29 is 36.1 Å². The van der Waals surface area contributed by atoms with Crippen LogP contribution < -0.4 is 4.52 Å². The van der Waals surface area contributed by atoms with E-state index >= 15 is 0 Å². The fourth-order valence-corrected chi connectivity index (χ4v) is 1.65. The van der Waals surface area contributed by atoms with Gasteiger partial charge in [-0.3, -0.25) is 9.32 Å². The SMILES string of the molecule is O=C(O)CC[P+](=O)Oc1ccccc1.[Fe]. The molecule has 1 atom stereocenters. The van der Waals surface area contributed by atoms with E-state index in [-0.39, 0.29) is 29.7 Å². The molecule has 15 heavy (non-hydrogen) atoms. The van der Waals surface area contributed by atoms with E-state index in [0.717, 1.165) is 0 Å². The molecule has 1 N–H and O–H groups in total. The Morgan fingerprint density at radius 1 is 1.33 bits per heavy atom. The van der Waals surface area contributed by atoms with Gasteiger partial charge in [-0.2, -0.15) is 0 Å². The molecule has 0 saturated carbocycles. The summed E-state index contributed by atoms with van der Waals surface area (Å²) in [6.45, 7) is 0. The van der Waals surface area contributed by atoms with Gasteiger partial charge >= 0.3 is 14.0 Å². The van der Waals surface area contributed by atoms with Crippen molar-refractivity contribution in [1.82, 2.24) is 0 Å². The van der Waals surface area contributed by atoms with E-state index in [0.29, 0.717) is 5.75 Å². The summed E-state index contributed by atoms with van der Waals surface area (Å²) in [4.78, 5) is 10.2. The van der Waals surface area contributed by atoms with E-state index in [2.05, 4.69) is 0 Å². The molecule has 0 heterocycles. The molecule has 1 aromatic carbocycles. The third-order valence-electron chi connectivity index (χ3n) is 1.46. The van der Waals surface area contributed by atoms with E-state index in [1.54, 1.807) is 24.3 Å². The largest absolute Gasteiger partial charge is 0.556 e. The molecular weight excluding hydrogens is 259 g/mol. The number of para-hydroxylation sites is 1. The Morgan fingerprint density at radius 3 is 2.47 bits per heavy atom. The molecule has 0 aromatic heterocycles. The van der Waals surface area contributed by atoms with Crippen LogP contribution in [0.3, 0.4) is 0 Å². The summed E-state index contributed by atoms with van der Waals surface area (Å²) in [5, 5.41) is 8.34. The van der Waals surface area contributed by atoms with Crippen LogP contribution in [-0.4, -0.2) is 17.2 Å². The van der Waals surface area contributed by atoms with Crippen LogP contribution in [0.1, 0.15) is 6.42 Å². The second-order valence-corrected chi connectivity index (χ2v) is 3.90. The molecular formula is C9H10FeO4P+. The van der Waals surface area contributed by atoms with Crippen LogP contribution in [0.2, 0.25) is 0 Å². The quantitative estimate of drug-likeness (QED) is 0.657. The molecule has 0 spiro atoms. The second kappa shape index (κ2) is 7.41. The molecule has 0 bridgehead atoms. The Bertz CT molecular complexity index is 328. The summed E-state index contributed by atoms with van der Waals surface area (Å²) < 4.78 is 16.2. The number of hydrogen-bond acceptors (Lipinski definition) is 3. The molecule has 4 nitrogen and oxygen atoms in total.